The van der Waals surface area contributed by atoms with Crippen molar-refractivity contribution in [1.82, 2.24) is 0 Å². The van der Waals surface area contributed by atoms with E-state index in [9.17, 15) is 22.8 Å². The molecule has 0 aromatic heterocycles. The average Bonchev–Trinajstić information content (AvgIpc) is 2.59. The molecule has 0 unspecified atom stereocenters. The third-order valence-corrected chi connectivity index (χ3v) is 4.22. The maximum atomic E-state index is 13.2. The van der Waals surface area contributed by atoms with E-state index < -0.39 is 29.1 Å². The molecule has 25 heavy (non-hydrogen) atoms. The molecule has 2 aromatic rings. The number of carbonyl (C=O) groups excluding carboxylic acids is 2. The van der Waals surface area contributed by atoms with Gasteiger partial charge in [0.15, 0.2) is 0 Å². The minimum Gasteiger partial charge on any atom is -0.366 e. The maximum Gasteiger partial charge on any atom is 0.417 e. The van der Waals surface area contributed by atoms with Gasteiger partial charge in [0.05, 0.1) is 11.1 Å². The van der Waals surface area contributed by atoms with E-state index in [4.69, 9.17) is 5.73 Å². The fourth-order valence-electron chi connectivity index (χ4n) is 3.13. The van der Waals surface area contributed by atoms with Crippen LogP contribution in [0.1, 0.15) is 38.3 Å². The summed E-state index contributed by atoms with van der Waals surface area (Å²) >= 11 is 0. The molecule has 0 atom stereocenters. The van der Waals surface area contributed by atoms with E-state index in [-0.39, 0.29) is 6.54 Å². The molecule has 0 aliphatic carbocycles. The quantitative estimate of drug-likeness (QED) is 0.904. The second-order valence-corrected chi connectivity index (χ2v) is 5.77. The van der Waals surface area contributed by atoms with Crippen LogP contribution >= 0.6 is 0 Å². The highest BCUT2D eigenvalue weighted by atomic mass is 19.4. The van der Waals surface area contributed by atoms with Gasteiger partial charge in [-0.05, 0) is 42.7 Å². The fourth-order valence-corrected chi connectivity index (χ4v) is 3.13. The smallest absolute Gasteiger partial charge is 0.366 e. The predicted octanol–water partition coefficient (Wildman–Crippen LogP) is 3.40. The Kier molecular flexibility index (Phi) is 4.24. The number of rotatable bonds is 2. The molecule has 130 valence electrons. The van der Waals surface area contributed by atoms with Crippen LogP contribution in [-0.4, -0.2) is 18.4 Å². The van der Waals surface area contributed by atoms with Gasteiger partial charge < -0.3 is 10.6 Å². The largest absolute Gasteiger partial charge is 0.417 e. The molecule has 2 aromatic carbocycles. The molecular weight excluding hydrogens is 333 g/mol. The van der Waals surface area contributed by atoms with Gasteiger partial charge in [-0.25, -0.2) is 0 Å². The van der Waals surface area contributed by atoms with Crippen molar-refractivity contribution in [2.45, 2.75) is 19.0 Å². The number of amides is 2. The van der Waals surface area contributed by atoms with Gasteiger partial charge in [0.2, 0.25) is 5.91 Å². The van der Waals surface area contributed by atoms with E-state index in [1.807, 2.05) is 0 Å². The highest BCUT2D eigenvalue weighted by Crippen LogP contribution is 2.35. The van der Waals surface area contributed by atoms with Crippen LogP contribution in [0, 0.1) is 0 Å². The van der Waals surface area contributed by atoms with Crippen LogP contribution in [0.25, 0.3) is 0 Å². The molecule has 7 heteroatoms. The maximum absolute atomic E-state index is 13.2. The van der Waals surface area contributed by atoms with Gasteiger partial charge in [0.1, 0.15) is 0 Å². The summed E-state index contributed by atoms with van der Waals surface area (Å²) in [6, 6.07) is 9.44. The first kappa shape index (κ1) is 17.0. The molecule has 1 aliphatic heterocycles. The van der Waals surface area contributed by atoms with Crippen LogP contribution < -0.4 is 10.6 Å². The zero-order valence-corrected chi connectivity index (χ0v) is 13.1. The number of benzene rings is 2. The third-order valence-electron chi connectivity index (χ3n) is 4.22. The van der Waals surface area contributed by atoms with Gasteiger partial charge in [-0.1, -0.05) is 18.2 Å². The van der Waals surface area contributed by atoms with Crippen LogP contribution in [0.2, 0.25) is 0 Å². The minimum absolute atomic E-state index is 0.278. The first-order valence-corrected chi connectivity index (χ1v) is 7.70. The van der Waals surface area contributed by atoms with Crippen LogP contribution in [0.4, 0.5) is 18.9 Å². The summed E-state index contributed by atoms with van der Waals surface area (Å²) in [5.74, 6) is -1.36. The number of fused-ring (bicyclic) bond motifs is 1. The van der Waals surface area contributed by atoms with E-state index in [0.29, 0.717) is 29.7 Å². The summed E-state index contributed by atoms with van der Waals surface area (Å²) in [6.45, 7) is 0.278. The number of halogens is 3. The lowest BCUT2D eigenvalue weighted by Gasteiger charge is -2.31. The van der Waals surface area contributed by atoms with E-state index in [1.54, 1.807) is 18.2 Å². The SMILES string of the molecule is NC(=O)c1cccc2c1CCCN2C(=O)c1ccccc1C(F)(F)F. The molecule has 2 N–H and O–H groups in total. The third kappa shape index (κ3) is 3.09. The fraction of sp³-hybridized carbons (Fsp3) is 0.222. The topological polar surface area (TPSA) is 63.4 Å². The molecule has 0 saturated carbocycles. The molecule has 0 spiro atoms. The van der Waals surface area contributed by atoms with Crippen molar-refractivity contribution in [2.75, 3.05) is 11.4 Å². The number of carbonyl (C=O) groups is 2. The van der Waals surface area contributed by atoms with Crippen LogP contribution in [-0.2, 0) is 12.6 Å². The zero-order chi connectivity index (χ0) is 18.2. The first-order chi connectivity index (χ1) is 11.8. The Labute approximate surface area is 142 Å². The number of primary amides is 1. The number of hydrogen-bond donors (Lipinski definition) is 1. The van der Waals surface area contributed by atoms with Crippen molar-refractivity contribution in [2.24, 2.45) is 5.73 Å². The van der Waals surface area contributed by atoms with Crippen molar-refractivity contribution in [3.63, 3.8) is 0 Å². The Bertz CT molecular complexity index is 846. The van der Waals surface area contributed by atoms with Crippen molar-refractivity contribution in [1.29, 1.82) is 0 Å². The minimum atomic E-state index is -4.63. The molecule has 1 heterocycles. The Morgan fingerprint density at radius 2 is 1.68 bits per heavy atom. The summed E-state index contributed by atoms with van der Waals surface area (Å²) in [6.07, 6.45) is -3.55. The molecule has 2 amide bonds. The molecule has 0 radical (unpaired) electrons. The van der Waals surface area contributed by atoms with Gasteiger partial charge in [-0.3, -0.25) is 9.59 Å². The lowest BCUT2D eigenvalue weighted by atomic mass is 9.95. The molecule has 1 aliphatic rings. The van der Waals surface area contributed by atoms with E-state index in [1.165, 1.54) is 17.0 Å². The summed E-state index contributed by atoms with van der Waals surface area (Å²) in [5, 5.41) is 0. The number of nitrogens with two attached hydrogens (primary N) is 1. The Morgan fingerprint density at radius 1 is 1.00 bits per heavy atom. The molecule has 0 fully saturated rings. The highest BCUT2D eigenvalue weighted by molar-refractivity contribution is 6.09. The van der Waals surface area contributed by atoms with Gasteiger partial charge >= 0.3 is 6.18 Å². The number of nitrogens with zero attached hydrogens (tertiary/aromatic N) is 1. The van der Waals surface area contributed by atoms with Gasteiger partial charge in [-0.15, -0.1) is 0 Å². The predicted molar refractivity (Wildman–Crippen MR) is 86.4 cm³/mol. The van der Waals surface area contributed by atoms with Crippen LogP contribution in [0.15, 0.2) is 42.5 Å². The summed E-state index contributed by atoms with van der Waals surface area (Å²) in [4.78, 5) is 25.7. The van der Waals surface area contributed by atoms with Gasteiger partial charge in [-0.2, -0.15) is 13.2 Å². The average molecular weight is 348 g/mol. The molecule has 0 saturated heterocycles. The second-order valence-electron chi connectivity index (χ2n) is 5.77. The van der Waals surface area contributed by atoms with Crippen molar-refractivity contribution in [3.8, 4) is 0 Å². The highest BCUT2D eigenvalue weighted by Gasteiger charge is 2.37. The monoisotopic (exact) mass is 348 g/mol. The molecule has 3 rings (SSSR count). The molecule has 0 bridgehead atoms. The molecule has 4 nitrogen and oxygen atoms in total. The second kappa shape index (κ2) is 6.23. The number of hydrogen-bond acceptors (Lipinski definition) is 2. The zero-order valence-electron chi connectivity index (χ0n) is 13.1. The van der Waals surface area contributed by atoms with Crippen molar-refractivity contribution in [3.05, 3.63) is 64.7 Å². The molecular formula is C18H15F3N2O2. The number of anilines is 1. The van der Waals surface area contributed by atoms with E-state index in [2.05, 4.69) is 0 Å². The summed E-state index contributed by atoms with van der Waals surface area (Å²) < 4.78 is 39.6. The summed E-state index contributed by atoms with van der Waals surface area (Å²) in [7, 11) is 0. The van der Waals surface area contributed by atoms with Crippen molar-refractivity contribution < 1.29 is 22.8 Å². The Morgan fingerprint density at radius 3 is 2.36 bits per heavy atom. The Hall–Kier alpha value is -2.83. The van der Waals surface area contributed by atoms with E-state index in [0.717, 1.165) is 12.1 Å². The van der Waals surface area contributed by atoms with Crippen LogP contribution in [0.5, 0.6) is 0 Å². The van der Waals surface area contributed by atoms with Gasteiger partial charge in [0, 0.05) is 17.8 Å². The first-order valence-electron chi connectivity index (χ1n) is 7.70. The standard InChI is InChI=1S/C18H15F3N2O2/c19-18(20,21)14-8-2-1-5-13(14)17(25)23-10-4-7-11-12(16(22)24)6-3-9-15(11)23/h1-3,5-6,8-9H,4,7,10H2,(H2,22,24). The number of alkyl halides is 3. The lowest BCUT2D eigenvalue weighted by Crippen LogP contribution is -2.37. The summed E-state index contributed by atoms with van der Waals surface area (Å²) in [5.41, 5.74) is 5.30. The van der Waals surface area contributed by atoms with Crippen molar-refractivity contribution >= 4 is 17.5 Å². The van der Waals surface area contributed by atoms with Gasteiger partial charge in [0.25, 0.3) is 5.91 Å². The normalized spacial score (nSPS) is 14.1. The van der Waals surface area contributed by atoms with E-state index >= 15 is 0 Å². The lowest BCUT2D eigenvalue weighted by molar-refractivity contribution is -0.137. The Balaban J connectivity index is 2.08. The van der Waals surface area contributed by atoms with Crippen LogP contribution in [0.3, 0.4) is 0 Å².